The lowest BCUT2D eigenvalue weighted by Gasteiger charge is -2.30. The Kier molecular flexibility index (Phi) is 9.50. The van der Waals surface area contributed by atoms with Gasteiger partial charge < -0.3 is 9.80 Å². The summed E-state index contributed by atoms with van der Waals surface area (Å²) in [6, 6.07) is 8.22. The molecular weight excluding hydrogens is 399 g/mol. The van der Waals surface area contributed by atoms with E-state index in [4.69, 9.17) is 0 Å². The Morgan fingerprint density at radius 3 is 2.30 bits per heavy atom. The molecule has 0 aliphatic carbocycles. The van der Waals surface area contributed by atoms with Gasteiger partial charge in [0.2, 0.25) is 11.8 Å². The van der Waals surface area contributed by atoms with Crippen molar-refractivity contribution < 1.29 is 14.0 Å². The van der Waals surface area contributed by atoms with Gasteiger partial charge in [0.15, 0.2) is 0 Å². The van der Waals surface area contributed by atoms with Crippen LogP contribution in [0.1, 0.15) is 62.5 Å². The van der Waals surface area contributed by atoms with Gasteiger partial charge in [-0.1, -0.05) is 31.9 Å². The van der Waals surface area contributed by atoms with E-state index in [0.717, 1.165) is 35.3 Å². The van der Waals surface area contributed by atoms with Crippen LogP contribution < -0.4 is 0 Å². The highest BCUT2D eigenvalue weighted by atomic mass is 32.1. The third-order valence-electron chi connectivity index (χ3n) is 5.19. The number of rotatable bonds is 11. The van der Waals surface area contributed by atoms with Crippen molar-refractivity contribution in [2.24, 2.45) is 0 Å². The Morgan fingerprint density at radius 2 is 1.73 bits per heavy atom. The van der Waals surface area contributed by atoms with Crippen LogP contribution >= 0.6 is 11.3 Å². The predicted octanol–water partition coefficient (Wildman–Crippen LogP) is 5.54. The second kappa shape index (κ2) is 11.8. The standard InChI is InChI=1S/C24H33FN2O2S/c1-5-6-7-8-23(28)27(18(2)3)17-24(29)26(16-22-19(4)13-14-30-22)15-20-9-11-21(25)12-10-20/h9-14,18H,5-8,15-17H2,1-4H3. The van der Waals surface area contributed by atoms with E-state index < -0.39 is 0 Å². The van der Waals surface area contributed by atoms with Gasteiger partial charge in [0.25, 0.3) is 0 Å². The average molecular weight is 433 g/mol. The molecule has 0 fully saturated rings. The number of aryl methyl sites for hydroxylation is 1. The number of carbonyl (C=O) groups is 2. The number of amides is 2. The highest BCUT2D eigenvalue weighted by molar-refractivity contribution is 7.10. The summed E-state index contributed by atoms with van der Waals surface area (Å²) < 4.78 is 13.3. The van der Waals surface area contributed by atoms with E-state index in [-0.39, 0.29) is 30.2 Å². The monoisotopic (exact) mass is 432 g/mol. The Bertz CT molecular complexity index is 817. The molecule has 0 spiro atoms. The molecule has 1 aromatic carbocycles. The molecule has 30 heavy (non-hydrogen) atoms. The van der Waals surface area contributed by atoms with E-state index in [1.807, 2.05) is 32.2 Å². The van der Waals surface area contributed by atoms with Crippen LogP contribution in [0.4, 0.5) is 4.39 Å². The van der Waals surface area contributed by atoms with Gasteiger partial charge in [-0.05, 0) is 61.9 Å². The molecule has 0 radical (unpaired) electrons. The summed E-state index contributed by atoms with van der Waals surface area (Å²) in [6.45, 7) is 8.95. The van der Waals surface area contributed by atoms with Gasteiger partial charge in [0.05, 0.1) is 13.1 Å². The molecule has 2 amide bonds. The third-order valence-corrected chi connectivity index (χ3v) is 6.19. The maximum Gasteiger partial charge on any atom is 0.242 e. The number of unbranched alkanes of at least 4 members (excludes halogenated alkanes) is 2. The number of carbonyl (C=O) groups excluding carboxylic acids is 2. The van der Waals surface area contributed by atoms with Crippen LogP contribution in [0.5, 0.6) is 0 Å². The van der Waals surface area contributed by atoms with Crippen LogP contribution in [0.15, 0.2) is 35.7 Å². The zero-order valence-electron chi connectivity index (χ0n) is 18.5. The Labute approximate surface area is 183 Å². The van der Waals surface area contributed by atoms with E-state index in [0.29, 0.717) is 19.5 Å². The van der Waals surface area contributed by atoms with Gasteiger partial charge in [-0.2, -0.15) is 0 Å². The lowest BCUT2D eigenvalue weighted by molar-refractivity contribution is -0.142. The molecule has 0 bridgehead atoms. The Hall–Kier alpha value is -2.21. The molecular formula is C24H33FN2O2S. The lowest BCUT2D eigenvalue weighted by Crippen LogP contribution is -2.45. The third kappa shape index (κ3) is 7.24. The zero-order valence-corrected chi connectivity index (χ0v) is 19.3. The van der Waals surface area contributed by atoms with Gasteiger partial charge in [-0.25, -0.2) is 4.39 Å². The maximum atomic E-state index is 13.3. The first-order valence-electron chi connectivity index (χ1n) is 10.7. The summed E-state index contributed by atoms with van der Waals surface area (Å²) in [5.41, 5.74) is 2.01. The van der Waals surface area contributed by atoms with E-state index >= 15 is 0 Å². The smallest absolute Gasteiger partial charge is 0.242 e. The van der Waals surface area contributed by atoms with Crippen molar-refractivity contribution in [1.82, 2.24) is 9.80 Å². The highest BCUT2D eigenvalue weighted by Gasteiger charge is 2.24. The van der Waals surface area contributed by atoms with Crippen LogP contribution in [0.3, 0.4) is 0 Å². The fourth-order valence-corrected chi connectivity index (χ4v) is 4.18. The van der Waals surface area contributed by atoms with Gasteiger partial charge in [-0.3, -0.25) is 9.59 Å². The van der Waals surface area contributed by atoms with E-state index in [1.54, 1.807) is 33.3 Å². The van der Waals surface area contributed by atoms with Crippen LogP contribution in [-0.2, 0) is 22.7 Å². The normalized spacial score (nSPS) is 11.0. The van der Waals surface area contributed by atoms with Gasteiger partial charge in [-0.15, -0.1) is 11.3 Å². The highest BCUT2D eigenvalue weighted by Crippen LogP contribution is 2.20. The number of hydrogen-bond acceptors (Lipinski definition) is 3. The first-order chi connectivity index (χ1) is 14.3. The minimum absolute atomic E-state index is 0.0286. The van der Waals surface area contributed by atoms with Crippen LogP contribution in [0.2, 0.25) is 0 Å². The van der Waals surface area contributed by atoms with E-state index in [9.17, 15) is 14.0 Å². The maximum absolute atomic E-state index is 13.3. The summed E-state index contributed by atoms with van der Waals surface area (Å²) in [7, 11) is 0. The van der Waals surface area contributed by atoms with Crippen molar-refractivity contribution >= 4 is 23.2 Å². The number of hydrogen-bond donors (Lipinski definition) is 0. The van der Waals surface area contributed by atoms with Gasteiger partial charge in [0.1, 0.15) is 5.82 Å². The molecule has 0 unspecified atom stereocenters. The van der Waals surface area contributed by atoms with Crippen molar-refractivity contribution in [3.63, 3.8) is 0 Å². The molecule has 0 atom stereocenters. The molecule has 164 valence electrons. The number of halogens is 1. The second-order valence-corrected chi connectivity index (χ2v) is 8.98. The fraction of sp³-hybridized carbons (Fsp3) is 0.500. The van der Waals surface area contributed by atoms with Crippen LogP contribution in [0, 0.1) is 12.7 Å². The molecule has 2 rings (SSSR count). The van der Waals surface area contributed by atoms with Crippen molar-refractivity contribution in [2.45, 2.75) is 72.5 Å². The molecule has 1 aromatic heterocycles. The van der Waals surface area contributed by atoms with Crippen molar-refractivity contribution in [3.05, 3.63) is 57.5 Å². The first-order valence-corrected chi connectivity index (χ1v) is 11.5. The molecule has 0 aliphatic heterocycles. The summed E-state index contributed by atoms with van der Waals surface area (Å²) in [4.78, 5) is 30.5. The summed E-state index contributed by atoms with van der Waals surface area (Å²) >= 11 is 1.62. The lowest BCUT2D eigenvalue weighted by atomic mass is 10.1. The molecule has 0 saturated heterocycles. The minimum Gasteiger partial charge on any atom is -0.332 e. The van der Waals surface area contributed by atoms with Crippen molar-refractivity contribution in [3.8, 4) is 0 Å². The fourth-order valence-electron chi connectivity index (χ4n) is 3.26. The SMILES string of the molecule is CCCCCC(=O)N(CC(=O)N(Cc1ccc(F)cc1)Cc1sccc1C)C(C)C. The molecule has 0 saturated carbocycles. The minimum atomic E-state index is -0.297. The number of thiophene rings is 1. The van der Waals surface area contributed by atoms with Crippen LogP contribution in [0.25, 0.3) is 0 Å². The van der Waals surface area contributed by atoms with Crippen LogP contribution in [-0.4, -0.2) is 34.2 Å². The molecule has 0 aliphatic rings. The molecule has 6 heteroatoms. The zero-order chi connectivity index (χ0) is 22.1. The second-order valence-electron chi connectivity index (χ2n) is 7.98. The molecule has 4 nitrogen and oxygen atoms in total. The topological polar surface area (TPSA) is 40.6 Å². The summed E-state index contributed by atoms with van der Waals surface area (Å²) in [6.07, 6.45) is 3.39. The summed E-state index contributed by atoms with van der Waals surface area (Å²) in [5, 5.41) is 2.02. The first kappa shape index (κ1) is 24.1. The molecule has 2 aromatic rings. The van der Waals surface area contributed by atoms with Crippen molar-refractivity contribution in [1.29, 1.82) is 0 Å². The quantitative estimate of drug-likeness (QED) is 0.437. The Balaban J connectivity index is 2.15. The van der Waals surface area contributed by atoms with E-state index in [1.165, 1.54) is 12.1 Å². The largest absolute Gasteiger partial charge is 0.332 e. The Morgan fingerprint density at radius 1 is 1.03 bits per heavy atom. The van der Waals surface area contributed by atoms with E-state index in [2.05, 4.69) is 6.92 Å². The number of nitrogens with zero attached hydrogens (tertiary/aromatic N) is 2. The molecule has 0 N–H and O–H groups in total. The molecule has 1 heterocycles. The number of benzene rings is 1. The summed E-state index contributed by atoms with van der Waals surface area (Å²) in [5.74, 6) is -0.361. The van der Waals surface area contributed by atoms with Gasteiger partial charge >= 0.3 is 0 Å². The van der Waals surface area contributed by atoms with Crippen molar-refractivity contribution in [2.75, 3.05) is 6.54 Å². The van der Waals surface area contributed by atoms with Gasteiger partial charge in [0, 0.05) is 23.9 Å². The average Bonchev–Trinajstić information content (AvgIpc) is 3.11. The predicted molar refractivity (Wildman–Crippen MR) is 121 cm³/mol.